The number of benzene rings is 1. The molecule has 3 heterocycles. The first kappa shape index (κ1) is 18.4. The minimum atomic E-state index is -0.120. The minimum absolute atomic E-state index is 0.120. The van der Waals surface area contributed by atoms with E-state index in [1.807, 2.05) is 50.2 Å². The third kappa shape index (κ3) is 3.11. The Kier molecular flexibility index (Phi) is 4.77. The zero-order valence-corrected chi connectivity index (χ0v) is 17.3. The summed E-state index contributed by atoms with van der Waals surface area (Å²) in [7, 11) is 1.61. The van der Waals surface area contributed by atoms with Crippen molar-refractivity contribution in [3.8, 4) is 16.9 Å². The molecule has 0 saturated heterocycles. The highest BCUT2D eigenvalue weighted by molar-refractivity contribution is 9.10. The first-order valence-electron chi connectivity index (χ1n) is 8.74. The third-order valence-corrected chi connectivity index (χ3v) is 5.29. The fourth-order valence-electron chi connectivity index (χ4n) is 3.41. The molecule has 0 N–H and O–H groups in total. The van der Waals surface area contributed by atoms with Crippen LogP contribution in [0.2, 0.25) is 0 Å². The van der Waals surface area contributed by atoms with Gasteiger partial charge in [-0.2, -0.15) is 0 Å². The van der Waals surface area contributed by atoms with Crippen molar-refractivity contribution in [2.24, 2.45) is 0 Å². The second-order valence-electron chi connectivity index (χ2n) is 6.52. The Morgan fingerprint density at radius 3 is 2.68 bits per heavy atom. The predicted octanol–water partition coefficient (Wildman–Crippen LogP) is 4.49. The first-order chi connectivity index (χ1) is 13.5. The molecule has 0 radical (unpaired) electrons. The van der Waals surface area contributed by atoms with Crippen LogP contribution < -0.4 is 10.3 Å². The van der Waals surface area contributed by atoms with Gasteiger partial charge in [-0.3, -0.25) is 9.78 Å². The normalized spacial score (nSPS) is 11.1. The fraction of sp³-hybridized carbons (Fsp3) is 0.190. The number of aromatic nitrogens is 3. The molecule has 0 bridgehead atoms. The molecule has 3 aromatic heterocycles. The van der Waals surface area contributed by atoms with E-state index in [2.05, 4.69) is 26.1 Å². The maximum atomic E-state index is 12.8. The number of fused-ring (bicyclic) bond motifs is 1. The van der Waals surface area contributed by atoms with Crippen LogP contribution in [0.25, 0.3) is 22.0 Å². The second-order valence-corrected chi connectivity index (χ2v) is 7.37. The lowest BCUT2D eigenvalue weighted by Gasteiger charge is -2.15. The summed E-state index contributed by atoms with van der Waals surface area (Å²) in [4.78, 5) is 17.2. The van der Waals surface area contributed by atoms with Gasteiger partial charge >= 0.3 is 0 Å². The smallest absolute Gasteiger partial charge is 0.265 e. The zero-order valence-electron chi connectivity index (χ0n) is 15.7. The maximum Gasteiger partial charge on any atom is 0.265 e. The van der Waals surface area contributed by atoms with Crippen LogP contribution in [0.5, 0.6) is 5.75 Å². The van der Waals surface area contributed by atoms with Crippen LogP contribution in [0.3, 0.4) is 0 Å². The van der Waals surface area contributed by atoms with Crippen molar-refractivity contribution in [2.75, 3.05) is 7.11 Å². The van der Waals surface area contributed by atoms with Gasteiger partial charge in [0.15, 0.2) is 0 Å². The van der Waals surface area contributed by atoms with E-state index in [9.17, 15) is 4.79 Å². The Bertz CT molecular complexity index is 1210. The van der Waals surface area contributed by atoms with Crippen LogP contribution in [0.1, 0.15) is 17.1 Å². The van der Waals surface area contributed by atoms with E-state index in [1.165, 1.54) is 0 Å². The molecule has 0 aliphatic heterocycles. The minimum Gasteiger partial charge on any atom is -0.496 e. The summed E-state index contributed by atoms with van der Waals surface area (Å²) in [6.45, 7) is 4.13. The Morgan fingerprint density at radius 1 is 1.21 bits per heavy atom. The summed E-state index contributed by atoms with van der Waals surface area (Å²) < 4.78 is 13.2. The van der Waals surface area contributed by atoms with Crippen molar-refractivity contribution < 1.29 is 9.26 Å². The van der Waals surface area contributed by atoms with Crippen molar-refractivity contribution in [2.45, 2.75) is 20.4 Å². The molecular weight excluding hydrogens is 422 g/mol. The highest BCUT2D eigenvalue weighted by atomic mass is 79.9. The van der Waals surface area contributed by atoms with Crippen LogP contribution in [0.15, 0.2) is 56.4 Å². The second kappa shape index (κ2) is 7.24. The molecule has 142 valence electrons. The van der Waals surface area contributed by atoms with E-state index in [0.717, 1.165) is 39.2 Å². The fourth-order valence-corrected chi connectivity index (χ4v) is 3.87. The summed E-state index contributed by atoms with van der Waals surface area (Å²) in [5.74, 6) is 1.37. The van der Waals surface area contributed by atoms with Gasteiger partial charge in [0, 0.05) is 23.2 Å². The summed E-state index contributed by atoms with van der Waals surface area (Å²) >= 11 is 3.40. The number of nitrogens with zero attached hydrogens (tertiary/aromatic N) is 3. The number of rotatable bonds is 4. The van der Waals surface area contributed by atoms with Crippen LogP contribution in [0, 0.1) is 13.8 Å². The molecule has 0 amide bonds. The van der Waals surface area contributed by atoms with E-state index >= 15 is 0 Å². The van der Waals surface area contributed by atoms with Gasteiger partial charge in [0.05, 0.1) is 40.6 Å². The van der Waals surface area contributed by atoms with Gasteiger partial charge in [-0.15, -0.1) is 0 Å². The van der Waals surface area contributed by atoms with Crippen LogP contribution in [0.4, 0.5) is 0 Å². The van der Waals surface area contributed by atoms with Gasteiger partial charge in [0.25, 0.3) is 5.56 Å². The average Bonchev–Trinajstić information content (AvgIpc) is 3.03. The van der Waals surface area contributed by atoms with Crippen molar-refractivity contribution in [1.82, 2.24) is 14.7 Å². The molecule has 0 saturated carbocycles. The van der Waals surface area contributed by atoms with Crippen LogP contribution >= 0.6 is 15.9 Å². The van der Waals surface area contributed by atoms with E-state index < -0.39 is 0 Å². The molecule has 0 aliphatic rings. The Balaban J connectivity index is 1.99. The van der Waals surface area contributed by atoms with E-state index in [4.69, 9.17) is 9.26 Å². The van der Waals surface area contributed by atoms with Gasteiger partial charge in [-0.05, 0) is 54.0 Å². The third-order valence-electron chi connectivity index (χ3n) is 4.72. The van der Waals surface area contributed by atoms with Crippen molar-refractivity contribution >= 4 is 26.8 Å². The SMILES string of the molecule is COc1cc2c(cc1-c1c(C)noc1C)cc(Br)c(=O)n2Cc1ccccn1. The quantitative estimate of drug-likeness (QED) is 0.468. The molecule has 4 aromatic rings. The maximum absolute atomic E-state index is 12.8. The van der Waals surface area contributed by atoms with Crippen molar-refractivity contribution in [3.63, 3.8) is 0 Å². The molecule has 4 rings (SSSR count). The van der Waals surface area contributed by atoms with Gasteiger partial charge < -0.3 is 13.8 Å². The lowest BCUT2D eigenvalue weighted by atomic mass is 10.0. The summed E-state index contributed by atoms with van der Waals surface area (Å²) in [5.41, 5.74) is 4.02. The molecule has 0 fully saturated rings. The number of aryl methyl sites for hydroxylation is 2. The van der Waals surface area contributed by atoms with E-state index in [-0.39, 0.29) is 5.56 Å². The average molecular weight is 440 g/mol. The number of hydrogen-bond acceptors (Lipinski definition) is 5. The van der Waals surface area contributed by atoms with Gasteiger partial charge in [0.2, 0.25) is 0 Å². The summed E-state index contributed by atoms with van der Waals surface area (Å²) in [6, 6.07) is 11.4. The molecule has 6 nitrogen and oxygen atoms in total. The van der Waals surface area contributed by atoms with Gasteiger partial charge in [-0.1, -0.05) is 11.2 Å². The molecule has 0 atom stereocenters. The number of hydrogen-bond donors (Lipinski definition) is 0. The van der Waals surface area contributed by atoms with E-state index in [0.29, 0.717) is 16.8 Å². The topological polar surface area (TPSA) is 70.2 Å². The lowest BCUT2D eigenvalue weighted by Crippen LogP contribution is -2.22. The van der Waals surface area contributed by atoms with Crippen LogP contribution in [-0.4, -0.2) is 21.8 Å². The number of methoxy groups -OCH3 is 1. The molecule has 28 heavy (non-hydrogen) atoms. The number of ether oxygens (including phenoxy) is 1. The number of halogens is 1. The molecule has 0 unspecified atom stereocenters. The monoisotopic (exact) mass is 439 g/mol. The summed E-state index contributed by atoms with van der Waals surface area (Å²) in [6.07, 6.45) is 1.72. The van der Waals surface area contributed by atoms with Gasteiger partial charge in [-0.25, -0.2) is 0 Å². The first-order valence-corrected chi connectivity index (χ1v) is 9.53. The predicted molar refractivity (Wildman–Crippen MR) is 111 cm³/mol. The van der Waals surface area contributed by atoms with Crippen molar-refractivity contribution in [1.29, 1.82) is 0 Å². The standard InChI is InChI=1S/C21H18BrN3O3/c1-12-20(13(2)28-24-12)16-8-14-9-17(22)21(26)25(18(14)10-19(16)27-3)11-15-6-4-5-7-23-15/h4-10H,11H2,1-3H3. The Labute approximate surface area is 169 Å². The van der Waals surface area contributed by atoms with Crippen molar-refractivity contribution in [3.05, 3.63) is 74.6 Å². The van der Waals surface area contributed by atoms with E-state index in [1.54, 1.807) is 17.9 Å². The Hall–Kier alpha value is -2.93. The highest BCUT2D eigenvalue weighted by Crippen LogP contribution is 2.37. The molecule has 0 aliphatic carbocycles. The molecule has 1 aromatic carbocycles. The summed E-state index contributed by atoms with van der Waals surface area (Å²) in [5, 5.41) is 4.95. The zero-order chi connectivity index (χ0) is 19.8. The highest BCUT2D eigenvalue weighted by Gasteiger charge is 2.19. The largest absolute Gasteiger partial charge is 0.496 e. The van der Waals surface area contributed by atoms with Gasteiger partial charge in [0.1, 0.15) is 11.5 Å². The Morgan fingerprint density at radius 2 is 2.04 bits per heavy atom. The molecule has 7 heteroatoms. The lowest BCUT2D eigenvalue weighted by molar-refractivity contribution is 0.393. The number of pyridine rings is 2. The molecular formula is C21H18BrN3O3. The molecule has 0 spiro atoms. The van der Waals surface area contributed by atoms with Crippen LogP contribution in [-0.2, 0) is 6.54 Å².